The fourth-order valence-corrected chi connectivity index (χ4v) is 1.86. The van der Waals surface area contributed by atoms with Gasteiger partial charge in [0.2, 0.25) is 0 Å². The van der Waals surface area contributed by atoms with Crippen molar-refractivity contribution < 1.29 is 9.53 Å². The molecule has 94 valence electrons. The summed E-state index contributed by atoms with van der Waals surface area (Å²) in [6.07, 6.45) is 2.54. The first-order valence-electron chi connectivity index (χ1n) is 5.86. The Hall–Kier alpha value is -2.10. The van der Waals surface area contributed by atoms with Gasteiger partial charge < -0.3 is 4.74 Å². The van der Waals surface area contributed by atoms with Crippen molar-refractivity contribution in [2.45, 2.75) is 20.0 Å². The summed E-state index contributed by atoms with van der Waals surface area (Å²) in [7, 11) is 1.82. The van der Waals surface area contributed by atoms with Gasteiger partial charge in [-0.3, -0.25) is 9.48 Å². The highest BCUT2D eigenvalue weighted by Crippen LogP contribution is 2.24. The van der Waals surface area contributed by atoms with Gasteiger partial charge >= 0.3 is 0 Å². The van der Waals surface area contributed by atoms with Gasteiger partial charge in [-0.25, -0.2) is 0 Å². The Morgan fingerprint density at radius 1 is 1.28 bits per heavy atom. The lowest BCUT2D eigenvalue weighted by atomic mass is 10.1. The van der Waals surface area contributed by atoms with E-state index >= 15 is 0 Å². The van der Waals surface area contributed by atoms with Gasteiger partial charge in [-0.1, -0.05) is 0 Å². The van der Waals surface area contributed by atoms with E-state index < -0.39 is 0 Å². The third kappa shape index (κ3) is 2.42. The molecule has 1 aromatic carbocycles. The minimum absolute atomic E-state index is 0.151. The van der Waals surface area contributed by atoms with E-state index in [0.29, 0.717) is 5.56 Å². The standard InChI is InChI=1S/C14H16N2O2/c1-10(2)18-13-6-4-11(5-7-13)14-12(9-17)8-15-16(14)3/h4-10H,1-3H3. The van der Waals surface area contributed by atoms with E-state index in [2.05, 4.69) is 5.10 Å². The van der Waals surface area contributed by atoms with Crippen molar-refractivity contribution in [3.63, 3.8) is 0 Å². The van der Waals surface area contributed by atoms with E-state index in [-0.39, 0.29) is 6.10 Å². The highest BCUT2D eigenvalue weighted by atomic mass is 16.5. The van der Waals surface area contributed by atoms with Gasteiger partial charge in [0.05, 0.1) is 23.6 Å². The predicted molar refractivity (Wildman–Crippen MR) is 69.8 cm³/mol. The first kappa shape index (κ1) is 12.4. The number of benzene rings is 1. The second-order valence-electron chi connectivity index (χ2n) is 4.38. The van der Waals surface area contributed by atoms with Crippen LogP contribution in [0.4, 0.5) is 0 Å². The van der Waals surface area contributed by atoms with Gasteiger partial charge in [0.25, 0.3) is 0 Å². The maximum Gasteiger partial charge on any atom is 0.153 e. The average Bonchev–Trinajstić information content (AvgIpc) is 2.71. The van der Waals surface area contributed by atoms with Gasteiger partial charge in [-0.15, -0.1) is 0 Å². The van der Waals surface area contributed by atoms with Gasteiger partial charge in [0.1, 0.15) is 5.75 Å². The van der Waals surface area contributed by atoms with Gasteiger partial charge in [0.15, 0.2) is 6.29 Å². The summed E-state index contributed by atoms with van der Waals surface area (Å²) in [5.41, 5.74) is 2.37. The van der Waals surface area contributed by atoms with Crippen LogP contribution in [0.2, 0.25) is 0 Å². The zero-order valence-corrected chi connectivity index (χ0v) is 10.8. The van der Waals surface area contributed by atoms with Crippen LogP contribution < -0.4 is 4.74 Å². The minimum atomic E-state index is 0.151. The molecule has 0 atom stereocenters. The van der Waals surface area contributed by atoms with E-state index in [4.69, 9.17) is 4.74 Å². The maximum absolute atomic E-state index is 10.9. The zero-order valence-electron chi connectivity index (χ0n) is 10.8. The van der Waals surface area contributed by atoms with Gasteiger partial charge in [-0.2, -0.15) is 5.10 Å². The van der Waals surface area contributed by atoms with Gasteiger partial charge in [0, 0.05) is 12.6 Å². The normalized spacial score (nSPS) is 10.7. The lowest BCUT2D eigenvalue weighted by Crippen LogP contribution is -2.05. The molecule has 0 aliphatic rings. The second kappa shape index (κ2) is 5.04. The number of ether oxygens (including phenoxy) is 1. The molecule has 2 aromatic rings. The summed E-state index contributed by atoms with van der Waals surface area (Å²) in [4.78, 5) is 10.9. The molecule has 0 saturated carbocycles. The Bertz CT molecular complexity index is 541. The third-order valence-electron chi connectivity index (χ3n) is 2.59. The predicted octanol–water partition coefficient (Wildman–Crippen LogP) is 2.69. The Morgan fingerprint density at radius 2 is 1.94 bits per heavy atom. The molecule has 0 fully saturated rings. The summed E-state index contributed by atoms with van der Waals surface area (Å²) in [6, 6.07) is 7.66. The highest BCUT2D eigenvalue weighted by Gasteiger charge is 2.10. The summed E-state index contributed by atoms with van der Waals surface area (Å²) in [5.74, 6) is 0.823. The largest absolute Gasteiger partial charge is 0.491 e. The summed E-state index contributed by atoms with van der Waals surface area (Å²) in [6.45, 7) is 3.97. The Kier molecular flexibility index (Phi) is 3.46. The summed E-state index contributed by atoms with van der Waals surface area (Å²) >= 11 is 0. The Morgan fingerprint density at radius 3 is 2.50 bits per heavy atom. The van der Waals surface area contributed by atoms with E-state index in [9.17, 15) is 4.79 Å². The first-order valence-corrected chi connectivity index (χ1v) is 5.86. The molecule has 0 amide bonds. The molecular weight excluding hydrogens is 228 g/mol. The maximum atomic E-state index is 10.9. The van der Waals surface area contributed by atoms with Gasteiger partial charge in [-0.05, 0) is 38.1 Å². The molecule has 0 aliphatic heterocycles. The Balaban J connectivity index is 2.34. The molecule has 0 radical (unpaired) electrons. The van der Waals surface area contributed by atoms with Crippen molar-refractivity contribution >= 4 is 6.29 Å². The Labute approximate surface area is 106 Å². The van der Waals surface area contributed by atoms with Crippen LogP contribution >= 0.6 is 0 Å². The number of hydrogen-bond donors (Lipinski definition) is 0. The number of nitrogens with zero attached hydrogens (tertiary/aromatic N) is 2. The van der Waals surface area contributed by atoms with E-state index in [0.717, 1.165) is 23.3 Å². The summed E-state index contributed by atoms with van der Waals surface area (Å²) in [5, 5.41) is 4.09. The molecule has 4 nitrogen and oxygen atoms in total. The highest BCUT2D eigenvalue weighted by molar-refractivity contribution is 5.85. The lowest BCUT2D eigenvalue weighted by Gasteiger charge is -2.10. The van der Waals surface area contributed by atoms with Crippen molar-refractivity contribution in [2.75, 3.05) is 0 Å². The van der Waals surface area contributed by atoms with E-state index in [1.54, 1.807) is 10.9 Å². The van der Waals surface area contributed by atoms with Crippen molar-refractivity contribution in [2.24, 2.45) is 7.05 Å². The fraction of sp³-hybridized carbons (Fsp3) is 0.286. The molecule has 2 rings (SSSR count). The topological polar surface area (TPSA) is 44.1 Å². The first-order chi connectivity index (χ1) is 8.61. The van der Waals surface area contributed by atoms with Crippen LogP contribution in [0.5, 0.6) is 5.75 Å². The number of hydrogen-bond acceptors (Lipinski definition) is 3. The fourth-order valence-electron chi connectivity index (χ4n) is 1.86. The minimum Gasteiger partial charge on any atom is -0.491 e. The van der Waals surface area contributed by atoms with Crippen LogP contribution in [0.3, 0.4) is 0 Å². The molecule has 1 aromatic heterocycles. The van der Waals surface area contributed by atoms with Crippen LogP contribution in [-0.2, 0) is 7.05 Å². The van der Waals surface area contributed by atoms with Crippen molar-refractivity contribution in [3.05, 3.63) is 36.0 Å². The number of aryl methyl sites for hydroxylation is 1. The molecule has 4 heteroatoms. The van der Waals surface area contributed by atoms with Crippen molar-refractivity contribution in [1.82, 2.24) is 9.78 Å². The number of rotatable bonds is 4. The molecule has 0 N–H and O–H groups in total. The van der Waals surface area contributed by atoms with Crippen molar-refractivity contribution in [3.8, 4) is 17.0 Å². The smallest absolute Gasteiger partial charge is 0.153 e. The lowest BCUT2D eigenvalue weighted by molar-refractivity contribution is 0.112. The third-order valence-corrected chi connectivity index (χ3v) is 2.59. The molecular formula is C14H16N2O2. The van der Waals surface area contributed by atoms with Crippen LogP contribution in [-0.4, -0.2) is 22.2 Å². The number of aldehydes is 1. The molecule has 0 saturated heterocycles. The van der Waals surface area contributed by atoms with Crippen LogP contribution in [0, 0.1) is 0 Å². The van der Waals surface area contributed by atoms with Crippen LogP contribution in [0.25, 0.3) is 11.3 Å². The van der Waals surface area contributed by atoms with E-state index in [1.165, 1.54) is 0 Å². The summed E-state index contributed by atoms with van der Waals surface area (Å²) < 4.78 is 7.28. The SMILES string of the molecule is CC(C)Oc1ccc(-c2c(C=O)cnn2C)cc1. The monoisotopic (exact) mass is 244 g/mol. The zero-order chi connectivity index (χ0) is 13.1. The number of carbonyl (C=O) groups excluding carboxylic acids is 1. The van der Waals surface area contributed by atoms with E-state index in [1.807, 2.05) is 45.2 Å². The molecule has 0 spiro atoms. The van der Waals surface area contributed by atoms with Crippen LogP contribution in [0.15, 0.2) is 30.5 Å². The van der Waals surface area contributed by atoms with Crippen molar-refractivity contribution in [1.29, 1.82) is 0 Å². The molecule has 18 heavy (non-hydrogen) atoms. The van der Waals surface area contributed by atoms with Crippen LogP contribution in [0.1, 0.15) is 24.2 Å². The average molecular weight is 244 g/mol. The molecule has 0 aliphatic carbocycles. The quantitative estimate of drug-likeness (QED) is 0.777. The molecule has 1 heterocycles. The molecule has 0 unspecified atom stereocenters. The molecule has 0 bridgehead atoms. The number of carbonyl (C=O) groups is 1. The number of aromatic nitrogens is 2. The second-order valence-corrected chi connectivity index (χ2v) is 4.38.